The zero-order chi connectivity index (χ0) is 9.68. The van der Waals surface area contributed by atoms with E-state index < -0.39 is 0 Å². The van der Waals surface area contributed by atoms with Gasteiger partial charge < -0.3 is 0 Å². The lowest BCUT2D eigenvalue weighted by Gasteiger charge is -1.94. The highest BCUT2D eigenvalue weighted by molar-refractivity contribution is 9.10. The molecule has 0 aliphatic heterocycles. The van der Waals surface area contributed by atoms with Gasteiger partial charge in [-0.1, -0.05) is 28.1 Å². The lowest BCUT2D eigenvalue weighted by Crippen LogP contribution is -2.27. The molecule has 0 saturated carbocycles. The molecule has 4 heteroatoms. The number of benzene rings is 1. The van der Waals surface area contributed by atoms with Gasteiger partial charge in [-0.15, -0.1) is 0 Å². The van der Waals surface area contributed by atoms with Crippen LogP contribution in [-0.4, -0.2) is 5.91 Å². The van der Waals surface area contributed by atoms with Crippen molar-refractivity contribution in [2.24, 2.45) is 5.84 Å². The van der Waals surface area contributed by atoms with Crippen molar-refractivity contribution in [3.05, 3.63) is 40.4 Å². The summed E-state index contributed by atoms with van der Waals surface area (Å²) in [5.74, 6) is 4.59. The van der Waals surface area contributed by atoms with E-state index in [0.29, 0.717) is 0 Å². The number of carbonyl (C=O) groups is 1. The first-order chi connectivity index (χ1) is 6.22. The smallest absolute Gasteiger partial charge is 0.257 e. The summed E-state index contributed by atoms with van der Waals surface area (Å²) in [5.41, 5.74) is 2.95. The second-order valence-corrected chi connectivity index (χ2v) is 3.31. The van der Waals surface area contributed by atoms with Crippen LogP contribution in [0.5, 0.6) is 0 Å². The first kappa shape index (κ1) is 9.95. The molecule has 0 heterocycles. The molecule has 1 amide bonds. The average Bonchev–Trinajstić information content (AvgIpc) is 2.14. The van der Waals surface area contributed by atoms with E-state index in [2.05, 4.69) is 15.9 Å². The lowest BCUT2D eigenvalue weighted by molar-refractivity contribution is -0.116. The van der Waals surface area contributed by atoms with Gasteiger partial charge in [0, 0.05) is 10.5 Å². The number of nitrogens with two attached hydrogens (primary N) is 1. The summed E-state index contributed by atoms with van der Waals surface area (Å²) in [6, 6.07) is 7.61. The van der Waals surface area contributed by atoms with E-state index >= 15 is 0 Å². The van der Waals surface area contributed by atoms with Gasteiger partial charge in [0.1, 0.15) is 0 Å². The Labute approximate surface area is 84.7 Å². The fourth-order valence-electron chi connectivity index (χ4n) is 0.830. The van der Waals surface area contributed by atoms with Crippen LogP contribution in [-0.2, 0) is 4.79 Å². The van der Waals surface area contributed by atoms with E-state index in [4.69, 9.17) is 5.84 Å². The first-order valence-corrected chi connectivity index (χ1v) is 4.46. The lowest BCUT2D eigenvalue weighted by atomic mass is 10.2. The van der Waals surface area contributed by atoms with E-state index in [1.165, 1.54) is 6.08 Å². The van der Waals surface area contributed by atoms with Crippen molar-refractivity contribution in [2.45, 2.75) is 0 Å². The molecule has 0 aliphatic carbocycles. The summed E-state index contributed by atoms with van der Waals surface area (Å²) in [4.78, 5) is 10.7. The number of hydrogen-bond acceptors (Lipinski definition) is 2. The van der Waals surface area contributed by atoms with Gasteiger partial charge in [-0.2, -0.15) is 0 Å². The molecule has 0 unspecified atom stereocenters. The van der Waals surface area contributed by atoms with Crippen molar-refractivity contribution in [1.29, 1.82) is 0 Å². The Balaban J connectivity index is 2.74. The topological polar surface area (TPSA) is 55.1 Å². The van der Waals surface area contributed by atoms with Crippen molar-refractivity contribution in [2.75, 3.05) is 0 Å². The third-order valence-electron chi connectivity index (χ3n) is 1.42. The fraction of sp³-hybridized carbons (Fsp3) is 0. The molecular weight excluding hydrogens is 232 g/mol. The van der Waals surface area contributed by atoms with Gasteiger partial charge in [0.05, 0.1) is 0 Å². The molecule has 3 nitrogen and oxygen atoms in total. The van der Waals surface area contributed by atoms with Crippen LogP contribution in [0.4, 0.5) is 0 Å². The van der Waals surface area contributed by atoms with Crippen LogP contribution in [0.1, 0.15) is 5.56 Å². The van der Waals surface area contributed by atoms with Crippen LogP contribution in [0.2, 0.25) is 0 Å². The number of nitrogens with one attached hydrogen (secondary N) is 1. The summed E-state index contributed by atoms with van der Waals surface area (Å²) >= 11 is 3.33. The van der Waals surface area contributed by atoms with Gasteiger partial charge in [0.25, 0.3) is 5.91 Å². The summed E-state index contributed by atoms with van der Waals surface area (Å²) in [6.45, 7) is 0. The van der Waals surface area contributed by atoms with Crippen molar-refractivity contribution >= 4 is 27.9 Å². The molecular formula is C9H9BrN2O. The highest BCUT2D eigenvalue weighted by atomic mass is 79.9. The molecule has 3 N–H and O–H groups in total. The summed E-state index contributed by atoms with van der Waals surface area (Å²) in [5, 5.41) is 0. The highest BCUT2D eigenvalue weighted by Gasteiger charge is 1.91. The second-order valence-electron chi connectivity index (χ2n) is 2.40. The molecule has 0 fully saturated rings. The molecule has 0 aromatic heterocycles. The summed E-state index contributed by atoms with van der Waals surface area (Å²) in [7, 11) is 0. The summed E-state index contributed by atoms with van der Waals surface area (Å²) in [6.07, 6.45) is 3.06. The molecule has 1 rings (SSSR count). The minimum atomic E-state index is -0.319. The number of hydrazine groups is 1. The van der Waals surface area contributed by atoms with E-state index in [0.717, 1.165) is 10.0 Å². The van der Waals surface area contributed by atoms with Crippen molar-refractivity contribution in [3.63, 3.8) is 0 Å². The Hall–Kier alpha value is -1.13. The maximum Gasteiger partial charge on any atom is 0.257 e. The Morgan fingerprint density at radius 2 is 2.31 bits per heavy atom. The largest absolute Gasteiger partial charge is 0.291 e. The zero-order valence-corrected chi connectivity index (χ0v) is 8.41. The number of carbonyl (C=O) groups excluding carboxylic acids is 1. The van der Waals surface area contributed by atoms with E-state index in [1.807, 2.05) is 29.7 Å². The zero-order valence-electron chi connectivity index (χ0n) is 6.83. The Morgan fingerprint density at radius 3 is 2.92 bits per heavy atom. The van der Waals surface area contributed by atoms with Crippen LogP contribution in [0.15, 0.2) is 34.8 Å². The number of hydrogen-bond donors (Lipinski definition) is 2. The van der Waals surface area contributed by atoms with Crippen LogP contribution in [0, 0.1) is 0 Å². The third kappa shape index (κ3) is 3.40. The SMILES string of the molecule is NNC(=O)C=Cc1cccc(Br)c1. The molecule has 68 valence electrons. The Morgan fingerprint density at radius 1 is 1.54 bits per heavy atom. The van der Waals surface area contributed by atoms with Crippen LogP contribution >= 0.6 is 15.9 Å². The number of amides is 1. The fourth-order valence-corrected chi connectivity index (χ4v) is 1.25. The van der Waals surface area contributed by atoms with Gasteiger partial charge >= 0.3 is 0 Å². The Kier molecular flexibility index (Phi) is 3.67. The van der Waals surface area contributed by atoms with E-state index in [1.54, 1.807) is 6.08 Å². The predicted octanol–water partition coefficient (Wildman–Crippen LogP) is 1.45. The Bertz CT molecular complexity index is 336. The predicted molar refractivity (Wildman–Crippen MR) is 55.5 cm³/mol. The van der Waals surface area contributed by atoms with Gasteiger partial charge in [0.2, 0.25) is 0 Å². The standard InChI is InChI=1S/C9H9BrN2O/c10-8-3-1-2-7(6-8)4-5-9(13)12-11/h1-6H,11H2,(H,12,13). The normalized spacial score (nSPS) is 10.3. The maximum atomic E-state index is 10.7. The molecule has 1 aromatic carbocycles. The molecule has 0 bridgehead atoms. The maximum absolute atomic E-state index is 10.7. The molecule has 0 atom stereocenters. The van der Waals surface area contributed by atoms with Crippen LogP contribution in [0.3, 0.4) is 0 Å². The molecule has 0 aliphatic rings. The van der Waals surface area contributed by atoms with Crippen LogP contribution < -0.4 is 11.3 Å². The molecule has 0 saturated heterocycles. The van der Waals surface area contributed by atoms with E-state index in [-0.39, 0.29) is 5.91 Å². The second kappa shape index (κ2) is 4.79. The van der Waals surface area contributed by atoms with Crippen molar-refractivity contribution in [1.82, 2.24) is 5.43 Å². The van der Waals surface area contributed by atoms with Gasteiger partial charge in [-0.3, -0.25) is 10.2 Å². The van der Waals surface area contributed by atoms with Crippen LogP contribution in [0.25, 0.3) is 6.08 Å². The molecule has 1 aromatic rings. The average molecular weight is 241 g/mol. The molecule has 0 radical (unpaired) electrons. The minimum absolute atomic E-state index is 0.319. The monoisotopic (exact) mass is 240 g/mol. The quantitative estimate of drug-likeness (QED) is 0.356. The molecule has 0 spiro atoms. The van der Waals surface area contributed by atoms with Gasteiger partial charge in [-0.25, -0.2) is 5.84 Å². The highest BCUT2D eigenvalue weighted by Crippen LogP contribution is 2.12. The van der Waals surface area contributed by atoms with E-state index in [9.17, 15) is 4.79 Å². The number of rotatable bonds is 2. The third-order valence-corrected chi connectivity index (χ3v) is 1.91. The number of halogens is 1. The van der Waals surface area contributed by atoms with Gasteiger partial charge in [-0.05, 0) is 23.8 Å². The van der Waals surface area contributed by atoms with Crippen molar-refractivity contribution < 1.29 is 4.79 Å². The molecule has 13 heavy (non-hydrogen) atoms. The first-order valence-electron chi connectivity index (χ1n) is 3.66. The summed E-state index contributed by atoms with van der Waals surface area (Å²) < 4.78 is 0.975. The van der Waals surface area contributed by atoms with Crippen molar-refractivity contribution in [3.8, 4) is 0 Å². The van der Waals surface area contributed by atoms with Gasteiger partial charge in [0.15, 0.2) is 0 Å². The minimum Gasteiger partial charge on any atom is -0.291 e.